The number of ether oxygens (including phenoxy) is 2. The van der Waals surface area contributed by atoms with Gasteiger partial charge in [0.2, 0.25) is 5.88 Å². The predicted molar refractivity (Wildman–Crippen MR) is 74.4 cm³/mol. The van der Waals surface area contributed by atoms with Gasteiger partial charge in [-0.1, -0.05) is 6.07 Å². The van der Waals surface area contributed by atoms with Gasteiger partial charge in [0.05, 0.1) is 12.2 Å². The van der Waals surface area contributed by atoms with Crippen LogP contribution in [0.4, 0.5) is 0 Å². The van der Waals surface area contributed by atoms with Gasteiger partial charge in [0.25, 0.3) is 5.91 Å². The average Bonchev–Trinajstić information content (AvgIpc) is 2.91. The Hall–Kier alpha value is -2.54. The van der Waals surface area contributed by atoms with Gasteiger partial charge in [-0.25, -0.2) is 5.48 Å². The lowest BCUT2D eigenvalue weighted by atomic mass is 10.1. The lowest BCUT2D eigenvalue weighted by molar-refractivity contribution is 0.0703. The van der Waals surface area contributed by atoms with Gasteiger partial charge in [0, 0.05) is 24.9 Å². The van der Waals surface area contributed by atoms with Crippen molar-refractivity contribution < 1.29 is 19.5 Å². The second kappa shape index (κ2) is 6.76. The molecule has 1 heterocycles. The Morgan fingerprint density at radius 3 is 2.81 bits per heavy atom. The van der Waals surface area contributed by atoms with Gasteiger partial charge in [-0.3, -0.25) is 14.7 Å². The number of nitrogens with zero attached hydrogens (tertiary/aromatic N) is 2. The van der Waals surface area contributed by atoms with Gasteiger partial charge in [-0.05, 0) is 19.1 Å². The molecule has 7 nitrogen and oxygen atoms in total. The van der Waals surface area contributed by atoms with Crippen LogP contribution in [0.3, 0.4) is 0 Å². The normalized spacial score (nSPS) is 10.2. The molecule has 2 aromatic rings. The fraction of sp³-hybridized carbons (Fsp3) is 0.286. The maximum Gasteiger partial charge on any atom is 0.275 e. The summed E-state index contributed by atoms with van der Waals surface area (Å²) in [5.74, 6) is 0.366. The van der Waals surface area contributed by atoms with Crippen molar-refractivity contribution in [1.29, 1.82) is 0 Å². The molecule has 1 aromatic heterocycles. The highest BCUT2D eigenvalue weighted by molar-refractivity contribution is 5.95. The quantitative estimate of drug-likeness (QED) is 0.622. The zero-order valence-electron chi connectivity index (χ0n) is 11.9. The summed E-state index contributed by atoms with van der Waals surface area (Å²) in [6.07, 6.45) is 1.76. The van der Waals surface area contributed by atoms with E-state index in [4.69, 9.17) is 14.7 Å². The number of carbonyl (C=O) groups is 1. The van der Waals surface area contributed by atoms with E-state index in [0.717, 1.165) is 0 Å². The zero-order chi connectivity index (χ0) is 15.2. The van der Waals surface area contributed by atoms with Crippen LogP contribution >= 0.6 is 0 Å². The third-order valence-electron chi connectivity index (χ3n) is 2.83. The average molecular weight is 291 g/mol. The molecule has 1 amide bonds. The van der Waals surface area contributed by atoms with E-state index in [1.54, 1.807) is 47.7 Å². The van der Waals surface area contributed by atoms with E-state index in [-0.39, 0.29) is 6.61 Å². The fourth-order valence-electron chi connectivity index (χ4n) is 1.90. The van der Waals surface area contributed by atoms with Crippen LogP contribution in [-0.2, 0) is 13.7 Å². The van der Waals surface area contributed by atoms with Crippen LogP contribution in [0.2, 0.25) is 0 Å². The lowest BCUT2D eigenvalue weighted by Gasteiger charge is -2.14. The topological polar surface area (TPSA) is 85.6 Å². The van der Waals surface area contributed by atoms with Gasteiger partial charge in [0.15, 0.2) is 0 Å². The Balaban J connectivity index is 2.27. The minimum absolute atomic E-state index is 0.107. The number of nitrogens with one attached hydrogen (secondary N) is 1. The fourth-order valence-corrected chi connectivity index (χ4v) is 1.90. The summed E-state index contributed by atoms with van der Waals surface area (Å²) in [4.78, 5) is 11.7. The Bertz CT molecular complexity index is 624. The number of rotatable bonds is 6. The van der Waals surface area contributed by atoms with Crippen LogP contribution in [0.1, 0.15) is 22.8 Å². The van der Waals surface area contributed by atoms with Crippen molar-refractivity contribution in [3.63, 3.8) is 0 Å². The van der Waals surface area contributed by atoms with Gasteiger partial charge in [-0.15, -0.1) is 5.10 Å². The number of hydrogen-bond donors (Lipinski definition) is 2. The van der Waals surface area contributed by atoms with E-state index < -0.39 is 5.91 Å². The molecule has 0 atom stereocenters. The summed E-state index contributed by atoms with van der Waals surface area (Å²) in [5.41, 5.74) is 2.47. The molecule has 0 aliphatic heterocycles. The largest absolute Gasteiger partial charge is 0.493 e. The van der Waals surface area contributed by atoms with Crippen molar-refractivity contribution in [3.8, 4) is 11.6 Å². The van der Waals surface area contributed by atoms with Crippen LogP contribution in [0.5, 0.6) is 11.6 Å². The number of hydrogen-bond acceptors (Lipinski definition) is 5. The lowest BCUT2D eigenvalue weighted by Crippen LogP contribution is -2.21. The summed E-state index contributed by atoms with van der Waals surface area (Å²) < 4.78 is 12.7. The molecule has 0 unspecified atom stereocenters. The molecule has 0 fully saturated rings. The molecule has 112 valence electrons. The molecule has 0 aliphatic rings. The van der Waals surface area contributed by atoms with Gasteiger partial charge in [-0.2, -0.15) is 0 Å². The van der Waals surface area contributed by atoms with Crippen LogP contribution in [0, 0.1) is 0 Å². The van der Waals surface area contributed by atoms with Crippen molar-refractivity contribution in [1.82, 2.24) is 15.3 Å². The third-order valence-corrected chi connectivity index (χ3v) is 2.83. The second-order valence-electron chi connectivity index (χ2n) is 4.27. The summed E-state index contributed by atoms with van der Waals surface area (Å²) in [5, 5.41) is 12.9. The van der Waals surface area contributed by atoms with Crippen molar-refractivity contribution in [3.05, 3.63) is 41.6 Å². The van der Waals surface area contributed by atoms with Crippen molar-refractivity contribution in [2.75, 3.05) is 6.61 Å². The van der Waals surface area contributed by atoms with Gasteiger partial charge < -0.3 is 9.47 Å². The number of carbonyl (C=O) groups excluding carboxylic acids is 1. The van der Waals surface area contributed by atoms with Crippen LogP contribution in [0.15, 0.2) is 30.5 Å². The molecule has 21 heavy (non-hydrogen) atoms. The summed E-state index contributed by atoms with van der Waals surface area (Å²) in [6.45, 7) is 2.42. The molecular formula is C14H17N3O4. The molecule has 0 saturated heterocycles. The van der Waals surface area contributed by atoms with E-state index >= 15 is 0 Å². The van der Waals surface area contributed by atoms with E-state index in [2.05, 4.69) is 5.10 Å². The minimum atomic E-state index is -0.615. The van der Waals surface area contributed by atoms with E-state index in [9.17, 15) is 4.79 Å². The summed E-state index contributed by atoms with van der Waals surface area (Å²) in [7, 11) is 1.78. The molecule has 0 radical (unpaired) electrons. The van der Waals surface area contributed by atoms with Crippen molar-refractivity contribution in [2.45, 2.75) is 13.5 Å². The molecule has 0 bridgehead atoms. The number of aromatic nitrogens is 2. The maximum atomic E-state index is 11.7. The highest BCUT2D eigenvalue weighted by Crippen LogP contribution is 2.24. The first-order valence-corrected chi connectivity index (χ1v) is 6.47. The number of hydroxylamine groups is 1. The van der Waals surface area contributed by atoms with Crippen molar-refractivity contribution >= 4 is 5.91 Å². The third kappa shape index (κ3) is 3.51. The molecule has 2 rings (SSSR count). The SMILES string of the molecule is CCOc1cccc(C(=O)NO)c1COc1ccn(C)n1. The minimum Gasteiger partial charge on any atom is -0.493 e. The second-order valence-corrected chi connectivity index (χ2v) is 4.27. The Kier molecular flexibility index (Phi) is 4.78. The Morgan fingerprint density at radius 2 is 2.19 bits per heavy atom. The number of benzene rings is 1. The zero-order valence-corrected chi connectivity index (χ0v) is 11.9. The summed E-state index contributed by atoms with van der Waals surface area (Å²) in [6, 6.07) is 6.73. The molecule has 0 aliphatic carbocycles. The highest BCUT2D eigenvalue weighted by atomic mass is 16.5. The first kappa shape index (κ1) is 14.9. The van der Waals surface area contributed by atoms with Crippen molar-refractivity contribution in [2.24, 2.45) is 7.05 Å². The maximum absolute atomic E-state index is 11.7. The van der Waals surface area contributed by atoms with Gasteiger partial charge in [0.1, 0.15) is 12.4 Å². The number of amides is 1. The van der Waals surface area contributed by atoms with E-state index in [0.29, 0.717) is 29.4 Å². The molecule has 2 N–H and O–H groups in total. The molecule has 7 heteroatoms. The number of aryl methyl sites for hydroxylation is 1. The van der Waals surface area contributed by atoms with E-state index in [1.807, 2.05) is 6.92 Å². The molecule has 0 saturated carbocycles. The Labute approximate surface area is 122 Å². The first-order chi connectivity index (χ1) is 10.2. The smallest absolute Gasteiger partial charge is 0.275 e. The molecule has 1 aromatic carbocycles. The monoisotopic (exact) mass is 291 g/mol. The van der Waals surface area contributed by atoms with E-state index in [1.165, 1.54) is 0 Å². The van der Waals surface area contributed by atoms with Gasteiger partial charge >= 0.3 is 0 Å². The Morgan fingerprint density at radius 1 is 1.38 bits per heavy atom. The van der Waals surface area contributed by atoms with Crippen LogP contribution in [-0.4, -0.2) is 27.5 Å². The standard InChI is InChI=1S/C14H17N3O4/c1-3-20-12-6-4-5-10(14(18)16-19)11(12)9-21-13-7-8-17(2)15-13/h4-8,19H,3,9H2,1-2H3,(H,16,18). The first-order valence-electron chi connectivity index (χ1n) is 6.47. The summed E-state index contributed by atoms with van der Waals surface area (Å²) >= 11 is 0. The van der Waals surface area contributed by atoms with Crippen LogP contribution < -0.4 is 15.0 Å². The van der Waals surface area contributed by atoms with Crippen LogP contribution in [0.25, 0.3) is 0 Å². The molecular weight excluding hydrogens is 274 g/mol. The highest BCUT2D eigenvalue weighted by Gasteiger charge is 2.16. The predicted octanol–water partition coefficient (Wildman–Crippen LogP) is 1.52. The molecule has 0 spiro atoms.